The summed E-state index contributed by atoms with van der Waals surface area (Å²) in [6, 6.07) is 9.50. The molecule has 5 heteroatoms. The van der Waals surface area contributed by atoms with Crippen molar-refractivity contribution in [2.24, 2.45) is 11.1 Å². The summed E-state index contributed by atoms with van der Waals surface area (Å²) in [5, 5.41) is 2.85. The van der Waals surface area contributed by atoms with E-state index in [1.165, 1.54) is 0 Å². The first-order valence-corrected chi connectivity index (χ1v) is 6.82. The molecule has 0 spiro atoms. The van der Waals surface area contributed by atoms with Crippen LogP contribution in [-0.4, -0.2) is 24.0 Å². The van der Waals surface area contributed by atoms with Crippen molar-refractivity contribution >= 4 is 23.1 Å². The van der Waals surface area contributed by atoms with Crippen molar-refractivity contribution in [2.75, 3.05) is 13.2 Å². The van der Waals surface area contributed by atoms with Gasteiger partial charge in [0.1, 0.15) is 12.4 Å². The predicted molar refractivity (Wildman–Crippen MR) is 78.0 cm³/mol. The van der Waals surface area contributed by atoms with Crippen LogP contribution in [0, 0.1) is 5.41 Å². The summed E-state index contributed by atoms with van der Waals surface area (Å²) in [4.78, 5) is 12.4. The minimum Gasteiger partial charge on any atom is -0.492 e. The van der Waals surface area contributed by atoms with Crippen molar-refractivity contribution in [2.45, 2.75) is 19.3 Å². The van der Waals surface area contributed by atoms with Crippen LogP contribution in [0.1, 0.15) is 19.3 Å². The largest absolute Gasteiger partial charge is 0.492 e. The second-order valence-electron chi connectivity index (χ2n) is 4.72. The minimum atomic E-state index is -0.609. The molecule has 1 aliphatic carbocycles. The van der Waals surface area contributed by atoms with Gasteiger partial charge in [0.2, 0.25) is 5.91 Å². The zero-order valence-corrected chi connectivity index (χ0v) is 11.5. The van der Waals surface area contributed by atoms with Crippen LogP contribution in [0.2, 0.25) is 0 Å². The van der Waals surface area contributed by atoms with Gasteiger partial charge in [0, 0.05) is 0 Å². The van der Waals surface area contributed by atoms with Crippen molar-refractivity contribution in [1.82, 2.24) is 5.32 Å². The fourth-order valence-corrected chi connectivity index (χ4v) is 2.43. The fraction of sp³-hybridized carbons (Fsp3) is 0.429. The Bertz CT molecular complexity index is 458. The Morgan fingerprint density at radius 1 is 1.37 bits per heavy atom. The second kappa shape index (κ2) is 6.02. The molecule has 2 rings (SSSR count). The van der Waals surface area contributed by atoms with Gasteiger partial charge in [0.15, 0.2) is 0 Å². The Morgan fingerprint density at radius 2 is 2.05 bits per heavy atom. The molecular formula is C14H18N2O2S. The third-order valence-corrected chi connectivity index (χ3v) is 3.90. The van der Waals surface area contributed by atoms with E-state index >= 15 is 0 Å². The summed E-state index contributed by atoms with van der Waals surface area (Å²) in [5.74, 6) is 0.729. The number of nitrogens with two attached hydrogens (primary N) is 1. The van der Waals surface area contributed by atoms with E-state index in [2.05, 4.69) is 5.32 Å². The van der Waals surface area contributed by atoms with Crippen molar-refractivity contribution in [1.29, 1.82) is 0 Å². The van der Waals surface area contributed by atoms with E-state index in [9.17, 15) is 4.79 Å². The normalized spacial score (nSPS) is 16.2. The van der Waals surface area contributed by atoms with E-state index < -0.39 is 5.41 Å². The average molecular weight is 278 g/mol. The number of benzene rings is 1. The molecule has 3 N–H and O–H groups in total. The molecule has 102 valence electrons. The number of amides is 1. The molecule has 0 saturated heterocycles. The molecule has 0 aliphatic heterocycles. The maximum atomic E-state index is 12.1. The molecule has 1 aromatic carbocycles. The zero-order valence-electron chi connectivity index (χ0n) is 10.7. The van der Waals surface area contributed by atoms with Gasteiger partial charge in [-0.25, -0.2) is 0 Å². The lowest BCUT2D eigenvalue weighted by atomic mass is 9.68. The van der Waals surface area contributed by atoms with Crippen LogP contribution in [0.4, 0.5) is 0 Å². The number of ether oxygens (including phenoxy) is 1. The highest BCUT2D eigenvalue weighted by Crippen LogP contribution is 2.41. The topological polar surface area (TPSA) is 64.4 Å². The van der Waals surface area contributed by atoms with Crippen molar-refractivity contribution in [3.8, 4) is 5.75 Å². The molecular weight excluding hydrogens is 260 g/mol. The third kappa shape index (κ3) is 3.04. The number of thiocarbonyl (C=S) groups is 1. The van der Waals surface area contributed by atoms with Gasteiger partial charge in [-0.15, -0.1) is 0 Å². The Balaban J connectivity index is 1.74. The average Bonchev–Trinajstić information content (AvgIpc) is 2.34. The Morgan fingerprint density at radius 3 is 2.58 bits per heavy atom. The predicted octanol–water partition coefficient (Wildman–Crippen LogP) is 1.64. The summed E-state index contributed by atoms with van der Waals surface area (Å²) in [5.41, 5.74) is 5.06. The first-order valence-electron chi connectivity index (χ1n) is 6.41. The van der Waals surface area contributed by atoms with E-state index in [1.807, 2.05) is 30.3 Å². The van der Waals surface area contributed by atoms with Crippen molar-refractivity contribution in [3.63, 3.8) is 0 Å². The van der Waals surface area contributed by atoms with E-state index in [4.69, 9.17) is 22.7 Å². The number of carbonyl (C=O) groups is 1. The van der Waals surface area contributed by atoms with E-state index in [0.29, 0.717) is 18.1 Å². The van der Waals surface area contributed by atoms with Gasteiger partial charge < -0.3 is 15.8 Å². The molecule has 1 fully saturated rings. The lowest BCUT2D eigenvalue weighted by Gasteiger charge is -2.39. The molecule has 0 bridgehead atoms. The van der Waals surface area contributed by atoms with Crippen LogP contribution in [0.15, 0.2) is 30.3 Å². The van der Waals surface area contributed by atoms with Crippen molar-refractivity contribution < 1.29 is 9.53 Å². The first kappa shape index (κ1) is 13.8. The number of nitrogens with one attached hydrogen (secondary N) is 1. The lowest BCUT2D eigenvalue weighted by molar-refractivity contribution is -0.130. The van der Waals surface area contributed by atoms with Gasteiger partial charge >= 0.3 is 0 Å². The molecule has 1 aromatic rings. The van der Waals surface area contributed by atoms with Crippen LogP contribution >= 0.6 is 12.2 Å². The van der Waals surface area contributed by atoms with Crippen LogP contribution in [0.5, 0.6) is 5.75 Å². The van der Waals surface area contributed by atoms with Gasteiger partial charge in [-0.3, -0.25) is 4.79 Å². The third-order valence-electron chi connectivity index (χ3n) is 3.51. The van der Waals surface area contributed by atoms with Crippen LogP contribution < -0.4 is 15.8 Å². The second-order valence-corrected chi connectivity index (χ2v) is 5.16. The van der Waals surface area contributed by atoms with E-state index in [0.717, 1.165) is 25.0 Å². The maximum Gasteiger partial charge on any atom is 0.233 e. The van der Waals surface area contributed by atoms with Crippen LogP contribution in [-0.2, 0) is 4.79 Å². The molecule has 19 heavy (non-hydrogen) atoms. The van der Waals surface area contributed by atoms with Crippen molar-refractivity contribution in [3.05, 3.63) is 30.3 Å². The molecule has 1 amide bonds. The molecule has 0 radical (unpaired) electrons. The maximum absolute atomic E-state index is 12.1. The van der Waals surface area contributed by atoms with Gasteiger partial charge in [-0.1, -0.05) is 36.8 Å². The smallest absolute Gasteiger partial charge is 0.233 e. The number of rotatable bonds is 6. The van der Waals surface area contributed by atoms with E-state index in [-0.39, 0.29) is 5.91 Å². The highest BCUT2D eigenvalue weighted by molar-refractivity contribution is 7.80. The fourth-order valence-electron chi connectivity index (χ4n) is 2.14. The minimum absolute atomic E-state index is 0.0667. The Hall–Kier alpha value is -1.62. The molecule has 0 atom stereocenters. The van der Waals surface area contributed by atoms with Gasteiger partial charge in [-0.05, 0) is 25.0 Å². The Labute approximate surface area is 118 Å². The molecule has 1 aliphatic rings. The molecule has 0 heterocycles. The first-order chi connectivity index (χ1) is 9.15. The van der Waals surface area contributed by atoms with Gasteiger partial charge in [0.25, 0.3) is 0 Å². The van der Waals surface area contributed by atoms with E-state index in [1.54, 1.807) is 0 Å². The van der Waals surface area contributed by atoms with Gasteiger partial charge in [-0.2, -0.15) is 0 Å². The highest BCUT2D eigenvalue weighted by Gasteiger charge is 2.46. The summed E-state index contributed by atoms with van der Waals surface area (Å²) < 4.78 is 5.50. The number of carbonyl (C=O) groups excluding carboxylic acids is 1. The van der Waals surface area contributed by atoms with Crippen LogP contribution in [0.25, 0.3) is 0 Å². The highest BCUT2D eigenvalue weighted by atomic mass is 32.1. The number of para-hydroxylation sites is 1. The summed E-state index contributed by atoms with van der Waals surface area (Å²) in [6.07, 6.45) is 2.52. The SMILES string of the molecule is NC(=S)C1(C(=O)NCCOc2ccccc2)CCC1. The molecule has 1 saturated carbocycles. The Kier molecular flexibility index (Phi) is 4.37. The lowest BCUT2D eigenvalue weighted by Crippen LogP contribution is -2.53. The van der Waals surface area contributed by atoms with Crippen LogP contribution in [0.3, 0.4) is 0 Å². The quantitative estimate of drug-likeness (QED) is 0.613. The zero-order chi connectivity index (χ0) is 13.7. The molecule has 0 aromatic heterocycles. The number of hydrogen-bond acceptors (Lipinski definition) is 3. The number of hydrogen-bond donors (Lipinski definition) is 2. The summed E-state index contributed by atoms with van der Waals surface area (Å²) in [7, 11) is 0. The summed E-state index contributed by atoms with van der Waals surface area (Å²) >= 11 is 5.00. The monoisotopic (exact) mass is 278 g/mol. The standard InChI is InChI=1S/C14H18N2O2S/c15-12(19)14(7-4-8-14)13(17)16-9-10-18-11-5-2-1-3-6-11/h1-3,5-6H,4,7-10H2,(H2,15,19)(H,16,17). The van der Waals surface area contributed by atoms with Gasteiger partial charge in [0.05, 0.1) is 16.9 Å². The molecule has 4 nitrogen and oxygen atoms in total. The molecule has 0 unspecified atom stereocenters. The summed E-state index contributed by atoms with van der Waals surface area (Å²) in [6.45, 7) is 0.890.